The van der Waals surface area contributed by atoms with Crippen molar-refractivity contribution in [3.05, 3.63) is 46.5 Å². The van der Waals surface area contributed by atoms with Crippen LogP contribution in [0.1, 0.15) is 25.0 Å². The van der Waals surface area contributed by atoms with Gasteiger partial charge in [-0.05, 0) is 72.5 Å². The zero-order chi connectivity index (χ0) is 22.4. The van der Waals surface area contributed by atoms with Crippen LogP contribution in [0.2, 0.25) is 0 Å². The topological polar surface area (TPSA) is 106 Å². The van der Waals surface area contributed by atoms with E-state index in [1.807, 2.05) is 0 Å². The lowest BCUT2D eigenvalue weighted by atomic mass is 10.0. The van der Waals surface area contributed by atoms with Gasteiger partial charge in [-0.15, -0.1) is 0 Å². The minimum absolute atomic E-state index is 0.112. The molecule has 0 aliphatic heterocycles. The van der Waals surface area contributed by atoms with E-state index in [4.69, 9.17) is 30.4 Å². The van der Waals surface area contributed by atoms with Gasteiger partial charge in [0, 0.05) is 0 Å². The predicted molar refractivity (Wildman–Crippen MR) is 120 cm³/mol. The zero-order valence-corrected chi connectivity index (χ0v) is 18.2. The summed E-state index contributed by atoms with van der Waals surface area (Å²) in [5.41, 5.74) is 15.4. The summed E-state index contributed by atoms with van der Waals surface area (Å²) >= 11 is 0. The standard InChI is InChI=1S/C23H28N2O5/c1-13(7-15-9-17(27-3)21(24)18(10-15)28-4)23(26)14(2)8-16-11-19(29-5)22(25)20(12-16)30-6/h7-12H,24-25H2,1-6H3. The molecule has 0 heterocycles. The number of allylic oxidation sites excluding steroid dienone is 2. The maximum Gasteiger partial charge on any atom is 0.184 e. The average Bonchev–Trinajstić information content (AvgIpc) is 2.74. The van der Waals surface area contributed by atoms with Crippen LogP contribution in [-0.4, -0.2) is 34.2 Å². The molecule has 0 unspecified atom stereocenters. The van der Waals surface area contributed by atoms with Gasteiger partial charge in [-0.2, -0.15) is 0 Å². The smallest absolute Gasteiger partial charge is 0.184 e. The third kappa shape index (κ3) is 4.86. The minimum atomic E-state index is -0.112. The van der Waals surface area contributed by atoms with Gasteiger partial charge >= 0.3 is 0 Å². The predicted octanol–water partition coefficient (Wildman–Crippen LogP) is 3.96. The molecule has 0 saturated carbocycles. The van der Waals surface area contributed by atoms with Crippen molar-refractivity contribution in [3.8, 4) is 23.0 Å². The number of methoxy groups -OCH3 is 4. The lowest BCUT2D eigenvalue weighted by Gasteiger charge is -2.12. The molecule has 0 bridgehead atoms. The molecule has 0 fully saturated rings. The fraction of sp³-hybridized carbons (Fsp3) is 0.261. The Hall–Kier alpha value is -3.61. The summed E-state index contributed by atoms with van der Waals surface area (Å²) in [6, 6.07) is 7.01. The molecule has 0 atom stereocenters. The highest BCUT2D eigenvalue weighted by atomic mass is 16.5. The van der Waals surface area contributed by atoms with Crippen molar-refractivity contribution in [2.24, 2.45) is 0 Å². The summed E-state index contributed by atoms with van der Waals surface area (Å²) in [5.74, 6) is 1.81. The van der Waals surface area contributed by atoms with Crippen LogP contribution in [-0.2, 0) is 4.79 Å². The van der Waals surface area contributed by atoms with E-state index in [-0.39, 0.29) is 5.78 Å². The molecule has 2 aromatic carbocycles. The number of nitrogens with two attached hydrogens (primary N) is 2. The molecule has 160 valence electrons. The Bertz CT molecular complexity index is 879. The van der Waals surface area contributed by atoms with Gasteiger partial charge in [0.1, 0.15) is 34.4 Å². The number of ether oxygens (including phenoxy) is 4. The summed E-state index contributed by atoms with van der Waals surface area (Å²) in [4.78, 5) is 12.9. The highest BCUT2D eigenvalue weighted by Crippen LogP contribution is 2.35. The second-order valence-electron chi connectivity index (χ2n) is 6.66. The molecule has 7 heteroatoms. The van der Waals surface area contributed by atoms with Gasteiger partial charge in [0.2, 0.25) is 0 Å². The van der Waals surface area contributed by atoms with Crippen molar-refractivity contribution < 1.29 is 23.7 Å². The summed E-state index contributed by atoms with van der Waals surface area (Å²) < 4.78 is 21.1. The van der Waals surface area contributed by atoms with E-state index in [9.17, 15) is 4.79 Å². The molecule has 0 spiro atoms. The maximum atomic E-state index is 12.9. The monoisotopic (exact) mass is 412 g/mol. The molecule has 0 amide bonds. The molecular weight excluding hydrogens is 384 g/mol. The van der Waals surface area contributed by atoms with Crippen LogP contribution < -0.4 is 30.4 Å². The van der Waals surface area contributed by atoms with Crippen LogP contribution in [0.5, 0.6) is 23.0 Å². The van der Waals surface area contributed by atoms with Crippen LogP contribution in [0, 0.1) is 0 Å². The van der Waals surface area contributed by atoms with Crippen molar-refractivity contribution in [1.29, 1.82) is 0 Å². The number of rotatable bonds is 8. The van der Waals surface area contributed by atoms with Gasteiger partial charge in [0.15, 0.2) is 5.78 Å². The molecule has 0 saturated heterocycles. The first-order valence-electron chi connectivity index (χ1n) is 9.20. The Morgan fingerprint density at radius 3 is 1.17 bits per heavy atom. The number of ketones is 1. The second-order valence-corrected chi connectivity index (χ2v) is 6.66. The molecule has 0 aromatic heterocycles. The lowest BCUT2D eigenvalue weighted by Crippen LogP contribution is -2.02. The van der Waals surface area contributed by atoms with Crippen LogP contribution in [0.25, 0.3) is 12.2 Å². The third-order valence-electron chi connectivity index (χ3n) is 4.62. The lowest BCUT2D eigenvalue weighted by molar-refractivity contribution is -0.112. The van der Waals surface area contributed by atoms with Gasteiger partial charge in [0.25, 0.3) is 0 Å². The number of hydrogen-bond donors (Lipinski definition) is 2. The maximum absolute atomic E-state index is 12.9. The molecule has 4 N–H and O–H groups in total. The summed E-state index contributed by atoms with van der Waals surface area (Å²) in [6.45, 7) is 3.50. The molecule has 30 heavy (non-hydrogen) atoms. The summed E-state index contributed by atoms with van der Waals surface area (Å²) in [6.07, 6.45) is 3.52. The number of carbonyl (C=O) groups is 1. The summed E-state index contributed by atoms with van der Waals surface area (Å²) in [7, 11) is 6.11. The minimum Gasteiger partial charge on any atom is -0.494 e. The number of benzene rings is 2. The third-order valence-corrected chi connectivity index (χ3v) is 4.62. The number of hydrogen-bond acceptors (Lipinski definition) is 7. The van der Waals surface area contributed by atoms with Crippen LogP contribution >= 0.6 is 0 Å². The average molecular weight is 412 g/mol. The Balaban J connectivity index is 2.38. The van der Waals surface area contributed by atoms with Crippen molar-refractivity contribution in [2.45, 2.75) is 13.8 Å². The van der Waals surface area contributed by atoms with Crippen molar-refractivity contribution in [3.63, 3.8) is 0 Å². The molecular formula is C23H28N2O5. The second kappa shape index (κ2) is 9.73. The van der Waals surface area contributed by atoms with E-state index in [2.05, 4.69) is 0 Å². The van der Waals surface area contributed by atoms with E-state index in [1.165, 1.54) is 28.4 Å². The quantitative estimate of drug-likeness (QED) is 0.499. The Morgan fingerprint density at radius 2 is 0.933 bits per heavy atom. The first-order valence-corrected chi connectivity index (χ1v) is 9.20. The SMILES string of the molecule is COc1cc(C=C(C)C(=O)C(C)=Cc2cc(OC)c(N)c(OC)c2)cc(OC)c1N. The van der Waals surface area contributed by atoms with Crippen molar-refractivity contribution in [2.75, 3.05) is 39.9 Å². The van der Waals surface area contributed by atoms with Crippen molar-refractivity contribution in [1.82, 2.24) is 0 Å². The van der Waals surface area contributed by atoms with Crippen LogP contribution in [0.3, 0.4) is 0 Å². The largest absolute Gasteiger partial charge is 0.494 e. The number of nitrogen functional groups attached to an aromatic ring is 2. The van der Waals surface area contributed by atoms with Gasteiger partial charge in [-0.3, -0.25) is 4.79 Å². The molecule has 0 radical (unpaired) electrons. The fourth-order valence-corrected chi connectivity index (χ4v) is 3.03. The van der Waals surface area contributed by atoms with Gasteiger partial charge < -0.3 is 30.4 Å². The number of carbonyl (C=O) groups excluding carboxylic acids is 1. The van der Waals surface area contributed by atoms with E-state index < -0.39 is 0 Å². The van der Waals surface area contributed by atoms with E-state index >= 15 is 0 Å². The van der Waals surface area contributed by atoms with E-state index in [0.29, 0.717) is 45.5 Å². The number of Topliss-reactive ketones (excluding diaryl/α,β-unsaturated/α-hetero) is 1. The molecule has 7 nitrogen and oxygen atoms in total. The van der Waals surface area contributed by atoms with Gasteiger partial charge in [-0.25, -0.2) is 0 Å². The van der Waals surface area contributed by atoms with E-state index in [1.54, 1.807) is 50.3 Å². The Labute approximate surface area is 176 Å². The first-order chi connectivity index (χ1) is 14.2. The van der Waals surface area contributed by atoms with Crippen LogP contribution in [0.15, 0.2) is 35.4 Å². The Morgan fingerprint density at radius 1 is 0.667 bits per heavy atom. The van der Waals surface area contributed by atoms with Crippen LogP contribution in [0.4, 0.5) is 11.4 Å². The molecule has 0 aliphatic rings. The Kier molecular flexibility index (Phi) is 7.36. The first kappa shape index (κ1) is 22.7. The number of anilines is 2. The molecule has 2 aromatic rings. The van der Waals surface area contributed by atoms with Gasteiger partial charge in [0.05, 0.1) is 28.4 Å². The molecule has 2 rings (SSSR count). The molecule has 0 aliphatic carbocycles. The highest BCUT2D eigenvalue weighted by molar-refractivity contribution is 6.12. The highest BCUT2D eigenvalue weighted by Gasteiger charge is 2.13. The zero-order valence-electron chi connectivity index (χ0n) is 18.2. The normalized spacial score (nSPS) is 11.8. The summed E-state index contributed by atoms with van der Waals surface area (Å²) in [5, 5.41) is 0. The fourth-order valence-electron chi connectivity index (χ4n) is 3.03. The van der Waals surface area contributed by atoms with Gasteiger partial charge in [-0.1, -0.05) is 0 Å². The van der Waals surface area contributed by atoms with E-state index in [0.717, 1.165) is 11.1 Å². The van der Waals surface area contributed by atoms with Crippen molar-refractivity contribution >= 4 is 29.3 Å².